The maximum absolute atomic E-state index is 11.7. The van der Waals surface area contributed by atoms with E-state index >= 15 is 0 Å². The number of hydrogen-bond acceptors (Lipinski definition) is 3. The van der Waals surface area contributed by atoms with Crippen molar-refractivity contribution in [3.8, 4) is 6.07 Å². The number of nitrogens with zero attached hydrogens (tertiary/aromatic N) is 4. The Balaban J connectivity index is 2.00. The van der Waals surface area contributed by atoms with Crippen molar-refractivity contribution in [3.05, 3.63) is 53.0 Å². The van der Waals surface area contributed by atoms with Crippen molar-refractivity contribution in [2.75, 3.05) is 0 Å². The molecule has 0 aliphatic rings. The Morgan fingerprint density at radius 3 is 2.94 bits per heavy atom. The Bertz CT molecular complexity index is 577. The molecule has 0 fully saturated rings. The highest BCUT2D eigenvalue weighted by Gasteiger charge is 2.01. The van der Waals surface area contributed by atoms with Crippen molar-refractivity contribution in [2.24, 2.45) is 0 Å². The number of pyridine rings is 1. The summed E-state index contributed by atoms with van der Waals surface area (Å²) in [6.45, 7) is 1.41. The molecule has 2 heterocycles. The van der Waals surface area contributed by atoms with Crippen molar-refractivity contribution in [2.45, 2.75) is 19.5 Å². The Labute approximate surface area is 98.6 Å². The minimum atomic E-state index is -0.222. The van der Waals surface area contributed by atoms with Crippen LogP contribution in [0.5, 0.6) is 0 Å². The predicted octanol–water partition coefficient (Wildman–Crippen LogP) is 1.01. The molecule has 0 radical (unpaired) electrons. The summed E-state index contributed by atoms with van der Waals surface area (Å²) in [5.74, 6) is 0. The van der Waals surface area contributed by atoms with Gasteiger partial charge in [-0.25, -0.2) is 4.98 Å². The van der Waals surface area contributed by atoms with Gasteiger partial charge in [-0.15, -0.1) is 0 Å². The van der Waals surface area contributed by atoms with Gasteiger partial charge in [0.2, 0.25) is 0 Å². The van der Waals surface area contributed by atoms with E-state index in [-0.39, 0.29) is 11.1 Å². The summed E-state index contributed by atoms with van der Waals surface area (Å²) in [6.07, 6.45) is 7.88. The minimum Gasteiger partial charge on any atom is -0.337 e. The van der Waals surface area contributed by atoms with E-state index in [1.807, 2.05) is 16.8 Å². The standard InChI is InChI=1S/C12H12N4O/c13-9-11-3-1-6-16(12(11)17)7-2-5-15-8-4-14-10-15/h1,3-4,6,8,10H,2,5,7H2. The van der Waals surface area contributed by atoms with Crippen molar-refractivity contribution in [3.63, 3.8) is 0 Å². The molecule has 2 aromatic rings. The lowest BCUT2D eigenvalue weighted by molar-refractivity contribution is 0.552. The van der Waals surface area contributed by atoms with Crippen LogP contribution < -0.4 is 5.56 Å². The molecule has 0 aliphatic carbocycles. The number of rotatable bonds is 4. The van der Waals surface area contributed by atoms with Crippen LogP contribution in [0.4, 0.5) is 0 Å². The van der Waals surface area contributed by atoms with Crippen molar-refractivity contribution in [1.29, 1.82) is 5.26 Å². The van der Waals surface area contributed by atoms with Gasteiger partial charge >= 0.3 is 0 Å². The van der Waals surface area contributed by atoms with Gasteiger partial charge in [-0.2, -0.15) is 5.26 Å². The molecular weight excluding hydrogens is 216 g/mol. The van der Waals surface area contributed by atoms with E-state index in [9.17, 15) is 4.79 Å². The van der Waals surface area contributed by atoms with Crippen LogP contribution in [0, 0.1) is 11.3 Å². The molecular formula is C12H12N4O. The molecule has 86 valence electrons. The first-order valence-corrected chi connectivity index (χ1v) is 5.36. The molecule has 0 aromatic carbocycles. The topological polar surface area (TPSA) is 63.6 Å². The Hall–Kier alpha value is -2.35. The van der Waals surface area contributed by atoms with Gasteiger partial charge in [-0.3, -0.25) is 4.79 Å². The van der Waals surface area contributed by atoms with Crippen molar-refractivity contribution < 1.29 is 0 Å². The van der Waals surface area contributed by atoms with Crippen LogP contribution in [0.15, 0.2) is 41.8 Å². The van der Waals surface area contributed by atoms with Crippen LogP contribution in [0.25, 0.3) is 0 Å². The largest absolute Gasteiger partial charge is 0.337 e. The van der Waals surface area contributed by atoms with E-state index < -0.39 is 0 Å². The molecule has 0 saturated carbocycles. The average molecular weight is 228 g/mol. The number of hydrogen-bond donors (Lipinski definition) is 0. The third kappa shape index (κ3) is 2.61. The van der Waals surface area contributed by atoms with Gasteiger partial charge in [0, 0.05) is 31.7 Å². The highest BCUT2D eigenvalue weighted by atomic mass is 16.1. The fraction of sp³-hybridized carbons (Fsp3) is 0.250. The Kier molecular flexibility index (Phi) is 3.36. The summed E-state index contributed by atoms with van der Waals surface area (Å²) >= 11 is 0. The van der Waals surface area contributed by atoms with Crippen LogP contribution in [-0.4, -0.2) is 14.1 Å². The molecule has 5 heteroatoms. The van der Waals surface area contributed by atoms with Crippen molar-refractivity contribution in [1.82, 2.24) is 14.1 Å². The van der Waals surface area contributed by atoms with Crippen molar-refractivity contribution >= 4 is 0 Å². The van der Waals surface area contributed by atoms with E-state index in [1.54, 1.807) is 29.4 Å². The molecule has 2 aromatic heterocycles. The van der Waals surface area contributed by atoms with E-state index in [2.05, 4.69) is 4.98 Å². The summed E-state index contributed by atoms with van der Waals surface area (Å²) in [4.78, 5) is 15.7. The van der Waals surface area contributed by atoms with Crippen LogP contribution in [0.1, 0.15) is 12.0 Å². The third-order valence-corrected chi connectivity index (χ3v) is 2.52. The molecule has 0 unspecified atom stereocenters. The minimum absolute atomic E-state index is 0.190. The maximum atomic E-state index is 11.7. The van der Waals surface area contributed by atoms with Crippen LogP contribution in [-0.2, 0) is 13.1 Å². The molecule has 0 atom stereocenters. The second-order valence-electron chi connectivity index (χ2n) is 3.69. The molecule has 0 saturated heterocycles. The van der Waals surface area contributed by atoms with Crippen LogP contribution in [0.2, 0.25) is 0 Å². The van der Waals surface area contributed by atoms with E-state index in [0.717, 1.165) is 13.0 Å². The lowest BCUT2D eigenvalue weighted by Gasteiger charge is -2.05. The molecule has 17 heavy (non-hydrogen) atoms. The Morgan fingerprint density at radius 1 is 1.35 bits per heavy atom. The van der Waals surface area contributed by atoms with Gasteiger partial charge in [0.05, 0.1) is 6.33 Å². The van der Waals surface area contributed by atoms with E-state index in [4.69, 9.17) is 5.26 Å². The fourth-order valence-electron chi connectivity index (χ4n) is 1.64. The zero-order valence-electron chi connectivity index (χ0n) is 9.28. The summed E-state index contributed by atoms with van der Waals surface area (Å²) < 4.78 is 3.52. The first kappa shape index (κ1) is 11.1. The van der Waals surface area contributed by atoms with Crippen LogP contribution >= 0.6 is 0 Å². The number of aromatic nitrogens is 3. The lowest BCUT2D eigenvalue weighted by Crippen LogP contribution is -2.22. The molecule has 0 bridgehead atoms. The summed E-state index contributed by atoms with van der Waals surface area (Å²) in [5.41, 5.74) is -0.0317. The van der Waals surface area contributed by atoms with E-state index in [0.29, 0.717) is 6.54 Å². The first-order chi connectivity index (χ1) is 8.31. The van der Waals surface area contributed by atoms with Gasteiger partial charge in [-0.1, -0.05) is 0 Å². The first-order valence-electron chi connectivity index (χ1n) is 5.36. The molecule has 0 N–H and O–H groups in total. The third-order valence-electron chi connectivity index (χ3n) is 2.52. The quantitative estimate of drug-likeness (QED) is 0.784. The molecule has 0 aliphatic heterocycles. The summed E-state index contributed by atoms with van der Waals surface area (Å²) in [6, 6.07) is 5.15. The second kappa shape index (κ2) is 5.12. The SMILES string of the molecule is N#Cc1cccn(CCCn2ccnc2)c1=O. The zero-order valence-corrected chi connectivity index (χ0v) is 9.28. The summed E-state index contributed by atoms with van der Waals surface area (Å²) in [7, 11) is 0. The van der Waals surface area contributed by atoms with E-state index in [1.165, 1.54) is 6.07 Å². The highest BCUT2D eigenvalue weighted by Crippen LogP contribution is 1.95. The number of imidazole rings is 1. The molecule has 5 nitrogen and oxygen atoms in total. The normalized spacial score (nSPS) is 10.1. The number of nitriles is 1. The van der Waals surface area contributed by atoms with Gasteiger partial charge in [0.1, 0.15) is 11.6 Å². The zero-order chi connectivity index (χ0) is 12.1. The number of aryl methyl sites for hydroxylation is 2. The monoisotopic (exact) mass is 228 g/mol. The maximum Gasteiger partial charge on any atom is 0.268 e. The average Bonchev–Trinajstić information content (AvgIpc) is 2.84. The summed E-state index contributed by atoms with van der Waals surface area (Å²) in [5, 5.41) is 8.74. The molecule has 2 rings (SSSR count). The lowest BCUT2D eigenvalue weighted by atomic mass is 10.3. The smallest absolute Gasteiger partial charge is 0.268 e. The molecule has 0 spiro atoms. The molecule has 0 amide bonds. The Morgan fingerprint density at radius 2 is 2.24 bits per heavy atom. The predicted molar refractivity (Wildman–Crippen MR) is 62.3 cm³/mol. The van der Waals surface area contributed by atoms with Gasteiger partial charge in [-0.05, 0) is 18.6 Å². The fourth-order valence-corrected chi connectivity index (χ4v) is 1.64. The van der Waals surface area contributed by atoms with Gasteiger partial charge in [0.25, 0.3) is 5.56 Å². The second-order valence-corrected chi connectivity index (χ2v) is 3.69. The van der Waals surface area contributed by atoms with Gasteiger partial charge < -0.3 is 9.13 Å². The van der Waals surface area contributed by atoms with Gasteiger partial charge in [0.15, 0.2) is 0 Å². The van der Waals surface area contributed by atoms with Crippen LogP contribution in [0.3, 0.4) is 0 Å². The highest BCUT2D eigenvalue weighted by molar-refractivity contribution is 5.24.